The standard InChI is InChI=1S/C15H17N3O4/c1-21-14-9-8-13(18(19)20)12(15(14)22-2)10-16-17-11-6-4-3-5-7-11/h3-9,16-17H,10H2,1-2H3. The van der Waals surface area contributed by atoms with Gasteiger partial charge in [-0.3, -0.25) is 10.1 Å². The molecule has 7 heteroatoms. The number of benzene rings is 2. The van der Waals surface area contributed by atoms with Crippen LogP contribution in [-0.2, 0) is 6.54 Å². The van der Waals surface area contributed by atoms with Gasteiger partial charge in [0.15, 0.2) is 11.5 Å². The minimum absolute atomic E-state index is 0.0278. The largest absolute Gasteiger partial charge is 0.493 e. The molecule has 0 aliphatic carbocycles. The third-order valence-corrected chi connectivity index (χ3v) is 3.09. The maximum Gasteiger partial charge on any atom is 0.277 e. The zero-order valence-corrected chi connectivity index (χ0v) is 12.3. The van der Waals surface area contributed by atoms with E-state index in [1.54, 1.807) is 0 Å². The molecule has 116 valence electrons. The maximum absolute atomic E-state index is 11.2. The molecule has 2 aromatic rings. The summed E-state index contributed by atoms with van der Waals surface area (Å²) in [4.78, 5) is 10.7. The lowest BCUT2D eigenvalue weighted by Crippen LogP contribution is -2.22. The molecule has 0 aliphatic heterocycles. The lowest BCUT2D eigenvalue weighted by atomic mass is 10.1. The molecule has 0 fully saturated rings. The summed E-state index contributed by atoms with van der Waals surface area (Å²) in [5.74, 6) is 0.795. The topological polar surface area (TPSA) is 85.7 Å². The number of anilines is 1. The molecule has 22 heavy (non-hydrogen) atoms. The summed E-state index contributed by atoms with van der Waals surface area (Å²) in [6.45, 7) is 0.200. The Balaban J connectivity index is 2.22. The smallest absolute Gasteiger partial charge is 0.277 e. The zero-order chi connectivity index (χ0) is 15.9. The van der Waals surface area contributed by atoms with Gasteiger partial charge in [0.25, 0.3) is 5.69 Å². The van der Waals surface area contributed by atoms with Crippen molar-refractivity contribution in [2.45, 2.75) is 6.54 Å². The van der Waals surface area contributed by atoms with Crippen LogP contribution in [0.2, 0.25) is 0 Å². The lowest BCUT2D eigenvalue weighted by molar-refractivity contribution is -0.385. The van der Waals surface area contributed by atoms with Crippen molar-refractivity contribution in [3.63, 3.8) is 0 Å². The van der Waals surface area contributed by atoms with Crippen LogP contribution in [0.4, 0.5) is 11.4 Å². The predicted octanol–water partition coefficient (Wildman–Crippen LogP) is 2.73. The Morgan fingerprint density at radius 1 is 1.09 bits per heavy atom. The first-order chi connectivity index (χ1) is 10.7. The van der Waals surface area contributed by atoms with Gasteiger partial charge in [-0.25, -0.2) is 5.43 Å². The second-order valence-corrected chi connectivity index (χ2v) is 4.40. The third-order valence-electron chi connectivity index (χ3n) is 3.09. The van der Waals surface area contributed by atoms with Crippen molar-refractivity contribution in [2.75, 3.05) is 19.6 Å². The van der Waals surface area contributed by atoms with Gasteiger partial charge < -0.3 is 14.9 Å². The highest BCUT2D eigenvalue weighted by Gasteiger charge is 2.22. The quantitative estimate of drug-likeness (QED) is 0.604. The Morgan fingerprint density at radius 2 is 1.82 bits per heavy atom. The zero-order valence-electron chi connectivity index (χ0n) is 12.3. The fourth-order valence-corrected chi connectivity index (χ4v) is 2.08. The molecule has 0 aromatic heterocycles. The first-order valence-electron chi connectivity index (χ1n) is 6.59. The minimum Gasteiger partial charge on any atom is -0.493 e. The second-order valence-electron chi connectivity index (χ2n) is 4.40. The summed E-state index contributed by atoms with van der Waals surface area (Å²) in [6.07, 6.45) is 0. The number of nitro benzene ring substituents is 1. The second kappa shape index (κ2) is 7.28. The van der Waals surface area contributed by atoms with E-state index in [9.17, 15) is 10.1 Å². The van der Waals surface area contributed by atoms with Gasteiger partial charge in [0.05, 0.1) is 31.3 Å². The number of para-hydroxylation sites is 1. The Hall–Kier alpha value is -2.80. The lowest BCUT2D eigenvalue weighted by Gasteiger charge is -2.14. The van der Waals surface area contributed by atoms with E-state index in [0.717, 1.165) is 5.69 Å². The molecule has 0 heterocycles. The van der Waals surface area contributed by atoms with Crippen LogP contribution in [0.1, 0.15) is 5.56 Å². The van der Waals surface area contributed by atoms with Crippen LogP contribution in [0, 0.1) is 10.1 Å². The normalized spacial score (nSPS) is 10.1. The molecule has 0 unspecified atom stereocenters. The number of ether oxygens (including phenoxy) is 2. The van der Waals surface area contributed by atoms with Gasteiger partial charge in [0, 0.05) is 11.8 Å². The number of rotatable bonds is 7. The van der Waals surface area contributed by atoms with E-state index in [2.05, 4.69) is 10.9 Å². The van der Waals surface area contributed by atoms with E-state index in [1.807, 2.05) is 30.3 Å². The highest BCUT2D eigenvalue weighted by molar-refractivity contribution is 5.57. The van der Waals surface area contributed by atoms with E-state index in [1.165, 1.54) is 26.4 Å². The number of nitrogens with one attached hydrogen (secondary N) is 2. The fourth-order valence-electron chi connectivity index (χ4n) is 2.08. The van der Waals surface area contributed by atoms with Crippen LogP contribution in [0.25, 0.3) is 0 Å². The molecule has 2 aromatic carbocycles. The number of nitrogens with zero attached hydrogens (tertiary/aromatic N) is 1. The van der Waals surface area contributed by atoms with Gasteiger partial charge >= 0.3 is 0 Å². The Labute approximate surface area is 128 Å². The van der Waals surface area contributed by atoms with Crippen molar-refractivity contribution in [2.24, 2.45) is 0 Å². The molecule has 0 saturated heterocycles. The number of methoxy groups -OCH3 is 2. The number of hydrazine groups is 1. The molecule has 0 radical (unpaired) electrons. The van der Waals surface area contributed by atoms with Gasteiger partial charge in [0.1, 0.15) is 0 Å². The highest BCUT2D eigenvalue weighted by atomic mass is 16.6. The first kappa shape index (κ1) is 15.6. The van der Waals surface area contributed by atoms with Gasteiger partial charge in [-0.1, -0.05) is 18.2 Å². The molecule has 0 saturated carbocycles. The number of hydrogen-bond donors (Lipinski definition) is 2. The maximum atomic E-state index is 11.2. The predicted molar refractivity (Wildman–Crippen MR) is 83.1 cm³/mol. The average molecular weight is 303 g/mol. The Kier molecular flexibility index (Phi) is 5.16. The van der Waals surface area contributed by atoms with Crippen LogP contribution in [0.15, 0.2) is 42.5 Å². The van der Waals surface area contributed by atoms with Crippen LogP contribution < -0.4 is 20.3 Å². The monoisotopic (exact) mass is 303 g/mol. The molecule has 0 atom stereocenters. The summed E-state index contributed by atoms with van der Waals surface area (Å²) in [6, 6.07) is 12.4. The molecule has 0 aliphatic rings. The van der Waals surface area contributed by atoms with E-state index in [0.29, 0.717) is 17.1 Å². The molecule has 2 rings (SSSR count). The van der Waals surface area contributed by atoms with Crippen molar-refractivity contribution in [1.82, 2.24) is 5.43 Å². The Bertz CT molecular complexity index is 647. The SMILES string of the molecule is COc1ccc([N+](=O)[O-])c(CNNc2ccccc2)c1OC. The summed E-state index contributed by atoms with van der Waals surface area (Å²) in [5, 5.41) is 11.2. The van der Waals surface area contributed by atoms with Gasteiger partial charge in [0.2, 0.25) is 0 Å². The molecule has 0 amide bonds. The number of hydrogen-bond acceptors (Lipinski definition) is 6. The minimum atomic E-state index is -0.443. The van der Waals surface area contributed by atoms with E-state index < -0.39 is 4.92 Å². The van der Waals surface area contributed by atoms with Crippen LogP contribution in [-0.4, -0.2) is 19.1 Å². The summed E-state index contributed by atoms with van der Waals surface area (Å²) >= 11 is 0. The Morgan fingerprint density at radius 3 is 2.41 bits per heavy atom. The molecule has 2 N–H and O–H groups in total. The van der Waals surface area contributed by atoms with Crippen molar-refractivity contribution in [3.05, 3.63) is 58.1 Å². The van der Waals surface area contributed by atoms with Crippen LogP contribution in [0.3, 0.4) is 0 Å². The third kappa shape index (κ3) is 3.44. The van der Waals surface area contributed by atoms with E-state index in [-0.39, 0.29) is 12.2 Å². The number of nitro groups is 1. The fraction of sp³-hybridized carbons (Fsp3) is 0.200. The van der Waals surface area contributed by atoms with Crippen molar-refractivity contribution in [1.29, 1.82) is 0 Å². The average Bonchev–Trinajstić information content (AvgIpc) is 2.54. The molecule has 0 bridgehead atoms. The first-order valence-corrected chi connectivity index (χ1v) is 6.59. The van der Waals surface area contributed by atoms with E-state index in [4.69, 9.17) is 9.47 Å². The molecule has 0 spiro atoms. The van der Waals surface area contributed by atoms with Crippen LogP contribution in [0.5, 0.6) is 11.5 Å². The molecule has 7 nitrogen and oxygen atoms in total. The van der Waals surface area contributed by atoms with Crippen LogP contribution >= 0.6 is 0 Å². The van der Waals surface area contributed by atoms with Crippen molar-refractivity contribution >= 4 is 11.4 Å². The highest BCUT2D eigenvalue weighted by Crippen LogP contribution is 2.36. The summed E-state index contributed by atoms with van der Waals surface area (Å²) in [5.41, 5.74) is 7.17. The molecular formula is C15H17N3O4. The van der Waals surface area contributed by atoms with E-state index >= 15 is 0 Å². The van der Waals surface area contributed by atoms with Gasteiger partial charge in [-0.05, 0) is 18.2 Å². The van der Waals surface area contributed by atoms with Gasteiger partial charge in [-0.2, -0.15) is 0 Å². The molecular weight excluding hydrogens is 286 g/mol. The van der Waals surface area contributed by atoms with Crippen molar-refractivity contribution in [3.8, 4) is 11.5 Å². The van der Waals surface area contributed by atoms with Gasteiger partial charge in [-0.15, -0.1) is 0 Å². The van der Waals surface area contributed by atoms with Crippen molar-refractivity contribution < 1.29 is 14.4 Å². The summed E-state index contributed by atoms with van der Waals surface area (Å²) < 4.78 is 10.4. The summed E-state index contributed by atoms with van der Waals surface area (Å²) in [7, 11) is 2.94.